The van der Waals surface area contributed by atoms with E-state index < -0.39 is 0 Å². The first-order valence-corrected chi connectivity index (χ1v) is 13.7. The minimum Gasteiger partial charge on any atom is -0.335 e. The van der Waals surface area contributed by atoms with Crippen molar-refractivity contribution >= 4 is 17.2 Å². The Bertz CT molecular complexity index is 1060. The Morgan fingerprint density at radius 3 is 2.44 bits per heavy atom. The van der Waals surface area contributed by atoms with Gasteiger partial charge in [0.15, 0.2) is 0 Å². The van der Waals surface area contributed by atoms with Gasteiger partial charge in [-0.15, -0.1) is 11.3 Å². The molecule has 2 fully saturated rings. The normalized spacial score (nSPS) is 21.6. The molecule has 2 aromatic carbocycles. The van der Waals surface area contributed by atoms with E-state index in [2.05, 4.69) is 58.5 Å². The average molecular weight is 473 g/mol. The summed E-state index contributed by atoms with van der Waals surface area (Å²) in [5, 5.41) is 2.17. The molecule has 1 aliphatic carbocycles. The highest BCUT2D eigenvalue weighted by atomic mass is 32.1. The smallest absolute Gasteiger partial charge is 0.254 e. The molecule has 0 spiro atoms. The van der Waals surface area contributed by atoms with E-state index in [9.17, 15) is 4.79 Å². The summed E-state index contributed by atoms with van der Waals surface area (Å²) in [5.74, 6) is 1.11. The van der Waals surface area contributed by atoms with Crippen molar-refractivity contribution in [2.45, 2.75) is 57.5 Å². The molecule has 0 unspecified atom stereocenters. The Kier molecular flexibility index (Phi) is 7.46. The van der Waals surface area contributed by atoms with Crippen LogP contribution >= 0.6 is 11.3 Å². The highest BCUT2D eigenvalue weighted by Crippen LogP contribution is 2.37. The lowest BCUT2D eigenvalue weighted by Crippen LogP contribution is -2.45. The summed E-state index contributed by atoms with van der Waals surface area (Å²) >= 11 is 1.84. The van der Waals surface area contributed by atoms with Crippen LogP contribution in [0.1, 0.15) is 64.4 Å². The molecule has 0 bridgehead atoms. The molecule has 0 N–H and O–H groups in total. The molecule has 2 heterocycles. The van der Waals surface area contributed by atoms with Crippen LogP contribution in [0.2, 0.25) is 0 Å². The summed E-state index contributed by atoms with van der Waals surface area (Å²) in [5.41, 5.74) is 3.65. The number of hydrogen-bond acceptors (Lipinski definition) is 3. The summed E-state index contributed by atoms with van der Waals surface area (Å²) in [7, 11) is 0. The van der Waals surface area contributed by atoms with Gasteiger partial charge >= 0.3 is 0 Å². The third kappa shape index (κ3) is 5.29. The summed E-state index contributed by atoms with van der Waals surface area (Å²) in [6.45, 7) is 6.20. The molecule has 1 aromatic heterocycles. The number of carbonyl (C=O) groups is 1. The van der Waals surface area contributed by atoms with Gasteiger partial charge in [-0.1, -0.05) is 67.8 Å². The van der Waals surface area contributed by atoms with Gasteiger partial charge in [-0.25, -0.2) is 0 Å². The zero-order chi connectivity index (χ0) is 23.3. The minimum absolute atomic E-state index is 0.216. The van der Waals surface area contributed by atoms with Gasteiger partial charge < -0.3 is 4.90 Å². The maximum atomic E-state index is 13.8. The predicted molar refractivity (Wildman–Crippen MR) is 141 cm³/mol. The molecule has 1 aliphatic heterocycles. The maximum absolute atomic E-state index is 13.8. The molecule has 2 aliphatic rings. The van der Waals surface area contributed by atoms with Crippen LogP contribution in [0, 0.1) is 12.8 Å². The number of benzene rings is 2. The molecule has 1 amide bonds. The summed E-state index contributed by atoms with van der Waals surface area (Å²) < 4.78 is 0. The van der Waals surface area contributed by atoms with Gasteiger partial charge in [-0.2, -0.15) is 0 Å². The van der Waals surface area contributed by atoms with Crippen LogP contribution in [0.3, 0.4) is 0 Å². The topological polar surface area (TPSA) is 23.6 Å². The monoisotopic (exact) mass is 472 g/mol. The van der Waals surface area contributed by atoms with Gasteiger partial charge in [0.2, 0.25) is 0 Å². The summed E-state index contributed by atoms with van der Waals surface area (Å²) in [6.07, 6.45) is 6.05. The average Bonchev–Trinajstić information content (AvgIpc) is 3.53. The molecule has 3 aromatic rings. The van der Waals surface area contributed by atoms with Crippen molar-refractivity contribution in [3.63, 3.8) is 0 Å². The van der Waals surface area contributed by atoms with Crippen molar-refractivity contribution in [3.8, 4) is 0 Å². The van der Waals surface area contributed by atoms with Gasteiger partial charge in [0.05, 0.1) is 0 Å². The van der Waals surface area contributed by atoms with Crippen molar-refractivity contribution in [1.82, 2.24) is 9.80 Å². The Morgan fingerprint density at radius 2 is 1.71 bits per heavy atom. The fourth-order valence-electron chi connectivity index (χ4n) is 6.04. The number of thiophene rings is 1. The Labute approximate surface area is 208 Å². The lowest BCUT2D eigenvalue weighted by atomic mass is 9.85. The van der Waals surface area contributed by atoms with E-state index in [1.54, 1.807) is 0 Å². The maximum Gasteiger partial charge on any atom is 0.254 e. The fraction of sp³-hybridized carbons (Fsp3) is 0.433. The summed E-state index contributed by atoms with van der Waals surface area (Å²) in [6, 6.07) is 23.6. The molecule has 0 radical (unpaired) electrons. The molecule has 5 rings (SSSR count). The third-order valence-corrected chi connectivity index (χ3v) is 8.65. The Balaban J connectivity index is 1.42. The first kappa shape index (κ1) is 23.3. The number of rotatable bonds is 7. The van der Waals surface area contributed by atoms with Gasteiger partial charge in [-0.3, -0.25) is 9.69 Å². The quantitative estimate of drug-likeness (QED) is 0.380. The van der Waals surface area contributed by atoms with Crippen molar-refractivity contribution in [2.75, 3.05) is 19.6 Å². The standard InChI is InChI=1S/C30H36N2OS/c1-23-11-8-9-17-28(23)29-22-31(21-27-16-10-18-34-27)19-25(29)20-32(26-14-6-3-7-15-26)30(33)24-12-4-2-5-13-24/h2,4-5,8-13,16-18,25-26,29H,3,6-7,14-15,19-22H2,1H3/t25-,29-/m1/s1. The lowest BCUT2D eigenvalue weighted by molar-refractivity contribution is 0.0588. The van der Waals surface area contributed by atoms with E-state index in [0.717, 1.165) is 44.6 Å². The van der Waals surface area contributed by atoms with E-state index in [0.29, 0.717) is 17.9 Å². The largest absolute Gasteiger partial charge is 0.335 e. The van der Waals surface area contributed by atoms with Crippen molar-refractivity contribution in [1.29, 1.82) is 0 Å². The van der Waals surface area contributed by atoms with E-state index in [1.165, 1.54) is 35.3 Å². The minimum atomic E-state index is 0.216. The molecular weight excluding hydrogens is 436 g/mol. The highest BCUT2D eigenvalue weighted by molar-refractivity contribution is 7.09. The predicted octanol–water partition coefficient (Wildman–Crippen LogP) is 6.75. The molecule has 3 nitrogen and oxygen atoms in total. The third-order valence-electron chi connectivity index (χ3n) is 7.79. The van der Waals surface area contributed by atoms with Crippen LogP contribution in [0.15, 0.2) is 72.1 Å². The van der Waals surface area contributed by atoms with Crippen LogP contribution in [-0.4, -0.2) is 41.4 Å². The molecule has 1 saturated heterocycles. The van der Waals surface area contributed by atoms with Crippen LogP contribution in [0.4, 0.5) is 0 Å². The van der Waals surface area contributed by atoms with Gasteiger partial charge in [0, 0.05) is 48.6 Å². The Morgan fingerprint density at radius 1 is 0.941 bits per heavy atom. The van der Waals surface area contributed by atoms with Crippen LogP contribution in [-0.2, 0) is 6.54 Å². The SMILES string of the molecule is Cc1ccccc1[C@@H]1CN(Cc2cccs2)C[C@@H]1CN(C(=O)c1ccccc1)C1CCCCC1. The van der Waals surface area contributed by atoms with Crippen LogP contribution < -0.4 is 0 Å². The van der Waals surface area contributed by atoms with E-state index in [-0.39, 0.29) is 5.91 Å². The summed E-state index contributed by atoms with van der Waals surface area (Å²) in [4.78, 5) is 20.1. The number of aryl methyl sites for hydroxylation is 1. The number of amides is 1. The molecule has 1 saturated carbocycles. The Hall–Kier alpha value is -2.43. The molecule has 4 heteroatoms. The van der Waals surface area contributed by atoms with E-state index >= 15 is 0 Å². The molecule has 178 valence electrons. The molecular formula is C30H36N2OS. The van der Waals surface area contributed by atoms with E-state index in [4.69, 9.17) is 0 Å². The van der Waals surface area contributed by atoms with Crippen LogP contribution in [0.5, 0.6) is 0 Å². The number of hydrogen-bond donors (Lipinski definition) is 0. The zero-order valence-electron chi connectivity index (χ0n) is 20.2. The molecule has 34 heavy (non-hydrogen) atoms. The highest BCUT2D eigenvalue weighted by Gasteiger charge is 2.38. The second-order valence-corrected chi connectivity index (χ2v) is 11.1. The fourth-order valence-corrected chi connectivity index (χ4v) is 6.79. The number of carbonyl (C=O) groups excluding carboxylic acids is 1. The van der Waals surface area contributed by atoms with E-state index in [1.807, 2.05) is 41.7 Å². The first-order chi connectivity index (χ1) is 16.7. The zero-order valence-corrected chi connectivity index (χ0v) is 21.1. The molecule has 2 atom stereocenters. The van der Waals surface area contributed by atoms with Gasteiger partial charge in [-0.05, 0) is 60.4 Å². The van der Waals surface area contributed by atoms with Crippen molar-refractivity contribution in [3.05, 3.63) is 93.7 Å². The first-order valence-electron chi connectivity index (χ1n) is 12.9. The van der Waals surface area contributed by atoms with Crippen LogP contribution in [0.25, 0.3) is 0 Å². The van der Waals surface area contributed by atoms with Gasteiger partial charge in [0.25, 0.3) is 5.91 Å². The lowest BCUT2D eigenvalue weighted by Gasteiger charge is -2.37. The second-order valence-electron chi connectivity index (χ2n) is 10.1. The van der Waals surface area contributed by atoms with Crippen molar-refractivity contribution in [2.24, 2.45) is 5.92 Å². The second kappa shape index (κ2) is 10.9. The van der Waals surface area contributed by atoms with Gasteiger partial charge in [0.1, 0.15) is 0 Å². The van der Waals surface area contributed by atoms with Crippen molar-refractivity contribution < 1.29 is 4.79 Å². The number of nitrogens with zero attached hydrogens (tertiary/aromatic N) is 2. The number of likely N-dealkylation sites (tertiary alicyclic amines) is 1.